The van der Waals surface area contributed by atoms with E-state index in [9.17, 15) is 14.4 Å². The minimum Gasteiger partial charge on any atom is -0.367 e. The van der Waals surface area contributed by atoms with Gasteiger partial charge in [-0.3, -0.25) is 9.59 Å². The van der Waals surface area contributed by atoms with Crippen molar-refractivity contribution in [2.45, 2.75) is 25.3 Å². The van der Waals surface area contributed by atoms with Gasteiger partial charge in [0.1, 0.15) is 0 Å². The molecule has 6 rings (SSSR count). The summed E-state index contributed by atoms with van der Waals surface area (Å²) >= 11 is 0. The standard InChI is InChI=1S/C27H23N3O3/c31-24-27(18-19-10-7-8-15-22(19)28-17-9-16-23(27)28)25(32)30(21-13-5-2-6-14-21)26(33)29(24)20-11-3-1-4-12-20/h1-8,10-15,23H,9,16-18H2. The van der Waals surface area contributed by atoms with Gasteiger partial charge in [-0.15, -0.1) is 0 Å². The largest absolute Gasteiger partial charge is 0.367 e. The Morgan fingerprint density at radius 2 is 1.24 bits per heavy atom. The fourth-order valence-corrected chi connectivity index (χ4v) is 5.74. The fraction of sp³-hybridized carbons (Fsp3) is 0.222. The van der Waals surface area contributed by atoms with Gasteiger partial charge in [-0.2, -0.15) is 0 Å². The van der Waals surface area contributed by atoms with E-state index in [1.165, 1.54) is 9.80 Å². The third-order valence-electron chi connectivity index (χ3n) is 7.17. The molecular formula is C27H23N3O3. The van der Waals surface area contributed by atoms with E-state index in [0.717, 1.165) is 30.6 Å². The highest BCUT2D eigenvalue weighted by atomic mass is 16.2. The van der Waals surface area contributed by atoms with Gasteiger partial charge in [-0.05, 0) is 55.2 Å². The third kappa shape index (κ3) is 2.70. The number of imide groups is 2. The number of carbonyl (C=O) groups is 3. The summed E-state index contributed by atoms with van der Waals surface area (Å²) in [4.78, 5) is 46.9. The van der Waals surface area contributed by atoms with Crippen molar-refractivity contribution in [1.29, 1.82) is 0 Å². The Balaban J connectivity index is 1.59. The van der Waals surface area contributed by atoms with Crippen LogP contribution in [0.25, 0.3) is 0 Å². The first kappa shape index (κ1) is 19.7. The molecule has 1 spiro atoms. The zero-order valence-electron chi connectivity index (χ0n) is 18.1. The number of anilines is 3. The minimum atomic E-state index is -1.37. The number of barbiturate groups is 1. The van der Waals surface area contributed by atoms with Gasteiger partial charge >= 0.3 is 6.03 Å². The quantitative estimate of drug-likeness (QED) is 0.558. The second kappa shape index (κ2) is 7.30. The van der Waals surface area contributed by atoms with Crippen LogP contribution in [0.2, 0.25) is 0 Å². The Labute approximate surface area is 192 Å². The average Bonchev–Trinajstić information content (AvgIpc) is 3.35. The van der Waals surface area contributed by atoms with E-state index in [1.54, 1.807) is 48.5 Å². The maximum atomic E-state index is 14.3. The van der Waals surface area contributed by atoms with Gasteiger partial charge in [0.05, 0.1) is 17.4 Å². The predicted molar refractivity (Wildman–Crippen MR) is 126 cm³/mol. The molecule has 4 amide bonds. The first-order chi connectivity index (χ1) is 16.1. The summed E-state index contributed by atoms with van der Waals surface area (Å²) in [7, 11) is 0. The van der Waals surface area contributed by atoms with E-state index in [-0.39, 0.29) is 12.5 Å². The number of benzene rings is 3. The summed E-state index contributed by atoms with van der Waals surface area (Å²) < 4.78 is 0. The molecule has 0 saturated carbocycles. The number of urea groups is 1. The molecule has 6 nitrogen and oxygen atoms in total. The number of carbonyl (C=O) groups excluding carboxylic acids is 3. The number of fused-ring (bicyclic) bond motifs is 4. The van der Waals surface area contributed by atoms with Crippen molar-refractivity contribution in [1.82, 2.24) is 0 Å². The van der Waals surface area contributed by atoms with Crippen molar-refractivity contribution in [3.05, 3.63) is 90.5 Å². The third-order valence-corrected chi connectivity index (χ3v) is 7.17. The van der Waals surface area contributed by atoms with Crippen LogP contribution in [0, 0.1) is 5.41 Å². The molecule has 1 unspecified atom stereocenters. The normalized spacial score (nSPS) is 21.4. The highest BCUT2D eigenvalue weighted by Gasteiger charge is 2.65. The molecule has 3 heterocycles. The highest BCUT2D eigenvalue weighted by Crippen LogP contribution is 2.50. The van der Waals surface area contributed by atoms with Crippen LogP contribution in [0.1, 0.15) is 18.4 Å². The monoisotopic (exact) mass is 437 g/mol. The van der Waals surface area contributed by atoms with Gasteiger partial charge in [0.15, 0.2) is 5.41 Å². The number of para-hydroxylation sites is 3. The average molecular weight is 437 g/mol. The molecule has 3 aromatic rings. The first-order valence-corrected chi connectivity index (χ1v) is 11.3. The van der Waals surface area contributed by atoms with E-state index in [4.69, 9.17) is 0 Å². The van der Waals surface area contributed by atoms with E-state index < -0.39 is 23.3 Å². The number of rotatable bonds is 2. The van der Waals surface area contributed by atoms with Crippen molar-refractivity contribution in [2.75, 3.05) is 21.2 Å². The van der Waals surface area contributed by atoms with Crippen LogP contribution in [-0.4, -0.2) is 30.4 Å². The molecule has 2 fully saturated rings. The summed E-state index contributed by atoms with van der Waals surface area (Å²) in [5.41, 5.74) is 1.63. The Hall–Kier alpha value is -3.93. The van der Waals surface area contributed by atoms with E-state index in [2.05, 4.69) is 11.0 Å². The summed E-state index contributed by atoms with van der Waals surface area (Å²) in [6.07, 6.45) is 1.90. The molecule has 0 bridgehead atoms. The van der Waals surface area contributed by atoms with Crippen LogP contribution in [0.15, 0.2) is 84.9 Å². The van der Waals surface area contributed by atoms with Gasteiger partial charge in [0.2, 0.25) is 0 Å². The Morgan fingerprint density at radius 1 is 0.697 bits per heavy atom. The summed E-state index contributed by atoms with van der Waals surface area (Å²) in [6, 6.07) is 24.9. The minimum absolute atomic E-state index is 0.280. The molecule has 0 aliphatic carbocycles. The molecule has 0 radical (unpaired) electrons. The van der Waals surface area contributed by atoms with Crippen LogP contribution < -0.4 is 14.7 Å². The molecule has 3 aromatic carbocycles. The summed E-state index contributed by atoms with van der Waals surface area (Å²) in [6.45, 7) is 0.786. The zero-order valence-corrected chi connectivity index (χ0v) is 18.1. The number of hydrogen-bond acceptors (Lipinski definition) is 4. The van der Waals surface area contributed by atoms with Crippen molar-refractivity contribution in [2.24, 2.45) is 5.41 Å². The van der Waals surface area contributed by atoms with Crippen LogP contribution in [0.5, 0.6) is 0 Å². The van der Waals surface area contributed by atoms with Crippen LogP contribution in [0.3, 0.4) is 0 Å². The maximum absolute atomic E-state index is 14.3. The molecule has 1 atom stereocenters. The van der Waals surface area contributed by atoms with Gasteiger partial charge < -0.3 is 4.90 Å². The molecule has 0 N–H and O–H groups in total. The Morgan fingerprint density at radius 3 is 1.85 bits per heavy atom. The second-order valence-corrected chi connectivity index (χ2v) is 8.86. The first-order valence-electron chi connectivity index (χ1n) is 11.3. The molecule has 6 heteroatoms. The molecule has 164 valence electrons. The summed E-state index contributed by atoms with van der Waals surface area (Å²) in [5, 5.41) is 0. The lowest BCUT2D eigenvalue weighted by Gasteiger charge is -2.51. The lowest BCUT2D eigenvalue weighted by Crippen LogP contribution is -2.72. The van der Waals surface area contributed by atoms with Crippen LogP contribution in [-0.2, 0) is 16.0 Å². The zero-order chi connectivity index (χ0) is 22.6. The summed E-state index contributed by atoms with van der Waals surface area (Å²) in [5.74, 6) is -0.857. The van der Waals surface area contributed by atoms with E-state index >= 15 is 0 Å². The van der Waals surface area contributed by atoms with Crippen molar-refractivity contribution in [3.8, 4) is 0 Å². The molecule has 33 heavy (non-hydrogen) atoms. The van der Waals surface area contributed by atoms with Gasteiger partial charge in [-0.1, -0.05) is 54.6 Å². The van der Waals surface area contributed by atoms with E-state index in [0.29, 0.717) is 11.4 Å². The highest BCUT2D eigenvalue weighted by molar-refractivity contribution is 6.39. The van der Waals surface area contributed by atoms with Gasteiger partial charge in [-0.25, -0.2) is 14.6 Å². The topological polar surface area (TPSA) is 60.9 Å². The lowest BCUT2D eigenvalue weighted by molar-refractivity contribution is -0.142. The number of hydrogen-bond donors (Lipinski definition) is 0. The SMILES string of the molecule is O=C1N(c2ccccc2)C(=O)C2(Cc3ccccc3N3CCCC32)C(=O)N1c1ccccc1. The predicted octanol–water partition coefficient (Wildman–Crippen LogP) is 4.40. The fourth-order valence-electron chi connectivity index (χ4n) is 5.74. The van der Waals surface area contributed by atoms with Gasteiger partial charge in [0.25, 0.3) is 11.8 Å². The Bertz CT molecular complexity index is 1200. The lowest BCUT2D eigenvalue weighted by atomic mass is 9.68. The molecule has 0 aromatic heterocycles. The van der Waals surface area contributed by atoms with Crippen molar-refractivity contribution in [3.63, 3.8) is 0 Å². The van der Waals surface area contributed by atoms with E-state index in [1.807, 2.05) is 30.3 Å². The smallest absolute Gasteiger partial charge is 0.342 e. The Kier molecular flexibility index (Phi) is 4.37. The van der Waals surface area contributed by atoms with Gasteiger partial charge in [0, 0.05) is 12.2 Å². The maximum Gasteiger partial charge on any atom is 0.342 e. The molecule has 3 aliphatic rings. The molecule has 2 saturated heterocycles. The second-order valence-electron chi connectivity index (χ2n) is 8.86. The molecular weight excluding hydrogens is 414 g/mol. The van der Waals surface area contributed by atoms with Crippen molar-refractivity contribution < 1.29 is 14.4 Å². The number of amides is 4. The van der Waals surface area contributed by atoms with Crippen LogP contribution in [0.4, 0.5) is 21.9 Å². The van der Waals surface area contributed by atoms with Crippen LogP contribution >= 0.6 is 0 Å². The molecule has 3 aliphatic heterocycles. The van der Waals surface area contributed by atoms with Crippen molar-refractivity contribution >= 4 is 34.9 Å². The number of nitrogens with zero attached hydrogens (tertiary/aromatic N) is 3.